The van der Waals surface area contributed by atoms with Crippen LogP contribution >= 0.6 is 24.8 Å². The Morgan fingerprint density at radius 3 is 2.38 bits per heavy atom. The third-order valence-corrected chi connectivity index (χ3v) is 2.29. The molecule has 0 aliphatic rings. The zero-order valence-corrected chi connectivity index (χ0v) is 10.3. The first-order chi connectivity index (χ1) is 6.92. The van der Waals surface area contributed by atoms with Gasteiger partial charge in [-0.2, -0.15) is 0 Å². The summed E-state index contributed by atoms with van der Waals surface area (Å²) in [6.45, 7) is 0.584. The van der Waals surface area contributed by atoms with Crippen molar-refractivity contribution in [2.24, 2.45) is 5.73 Å². The maximum Gasteiger partial charge on any atom is 0.0952 e. The van der Waals surface area contributed by atoms with Crippen LogP contribution in [0.3, 0.4) is 0 Å². The van der Waals surface area contributed by atoms with Crippen LogP contribution in [0.25, 0.3) is 0 Å². The Labute approximate surface area is 108 Å². The molecule has 1 aromatic carbocycles. The van der Waals surface area contributed by atoms with E-state index in [0.29, 0.717) is 6.54 Å². The molecule has 5 heteroatoms. The monoisotopic (exact) mass is 259 g/mol. The minimum Gasteiger partial charge on any atom is -0.329 e. The van der Waals surface area contributed by atoms with Crippen LogP contribution in [0.2, 0.25) is 0 Å². The molecule has 16 heavy (non-hydrogen) atoms. The smallest absolute Gasteiger partial charge is 0.0952 e. The molecule has 0 saturated carbocycles. The van der Waals surface area contributed by atoms with Crippen molar-refractivity contribution in [3.63, 3.8) is 0 Å². The van der Waals surface area contributed by atoms with Crippen LogP contribution in [0, 0.1) is 0 Å². The molecule has 1 heterocycles. The second-order valence-electron chi connectivity index (χ2n) is 3.17. The highest BCUT2D eigenvalue weighted by Gasteiger charge is 2.09. The van der Waals surface area contributed by atoms with E-state index < -0.39 is 0 Å². The first-order valence-corrected chi connectivity index (χ1v) is 4.64. The molecule has 0 radical (unpaired) electrons. The molecule has 2 N–H and O–H groups in total. The number of halogens is 2. The number of benzene rings is 1. The Kier molecular flexibility index (Phi) is 6.81. The fourth-order valence-electron chi connectivity index (χ4n) is 1.56. The molecular weight excluding hydrogens is 245 g/mol. The molecule has 0 spiro atoms. The fraction of sp³-hybridized carbons (Fsp3) is 0.182. The number of hydrogen-bond acceptors (Lipinski definition) is 2. The maximum absolute atomic E-state index is 5.75. The van der Waals surface area contributed by atoms with Gasteiger partial charge in [0, 0.05) is 18.9 Å². The SMILES string of the molecule is Cl.Cl.NCC(c1ccccc1)n1ccnc1. The molecule has 0 fully saturated rings. The van der Waals surface area contributed by atoms with Gasteiger partial charge in [0.25, 0.3) is 0 Å². The Hall–Kier alpha value is -1.03. The van der Waals surface area contributed by atoms with Crippen LogP contribution in [-0.2, 0) is 0 Å². The van der Waals surface area contributed by atoms with Crippen molar-refractivity contribution in [2.75, 3.05) is 6.54 Å². The van der Waals surface area contributed by atoms with E-state index in [0.717, 1.165) is 0 Å². The van der Waals surface area contributed by atoms with Gasteiger partial charge in [0.15, 0.2) is 0 Å². The van der Waals surface area contributed by atoms with Crippen molar-refractivity contribution < 1.29 is 0 Å². The van der Waals surface area contributed by atoms with Gasteiger partial charge < -0.3 is 10.3 Å². The standard InChI is InChI=1S/C11H13N3.2ClH/c12-8-11(14-7-6-13-9-14)10-4-2-1-3-5-10;;/h1-7,9,11H,8,12H2;2*1H. The van der Waals surface area contributed by atoms with Crippen molar-refractivity contribution in [3.8, 4) is 0 Å². The van der Waals surface area contributed by atoms with Gasteiger partial charge in [-0.05, 0) is 5.56 Å². The summed E-state index contributed by atoms with van der Waals surface area (Å²) in [6, 6.07) is 10.4. The van der Waals surface area contributed by atoms with Crippen LogP contribution in [0.4, 0.5) is 0 Å². The first-order valence-electron chi connectivity index (χ1n) is 4.64. The zero-order chi connectivity index (χ0) is 9.80. The van der Waals surface area contributed by atoms with Gasteiger partial charge >= 0.3 is 0 Å². The van der Waals surface area contributed by atoms with Crippen molar-refractivity contribution in [2.45, 2.75) is 6.04 Å². The van der Waals surface area contributed by atoms with Crippen LogP contribution < -0.4 is 5.73 Å². The van der Waals surface area contributed by atoms with E-state index in [1.54, 1.807) is 12.5 Å². The molecule has 1 aromatic heterocycles. The summed E-state index contributed by atoms with van der Waals surface area (Å²) >= 11 is 0. The van der Waals surface area contributed by atoms with Crippen molar-refractivity contribution in [1.29, 1.82) is 0 Å². The van der Waals surface area contributed by atoms with E-state index in [1.807, 2.05) is 29.0 Å². The average molecular weight is 260 g/mol. The minimum atomic E-state index is 0. The number of rotatable bonds is 3. The highest BCUT2D eigenvalue weighted by molar-refractivity contribution is 5.85. The average Bonchev–Trinajstić information content (AvgIpc) is 2.74. The van der Waals surface area contributed by atoms with Gasteiger partial charge in [-0.25, -0.2) is 4.98 Å². The Morgan fingerprint density at radius 2 is 1.88 bits per heavy atom. The Bertz CT molecular complexity index is 375. The number of aromatic nitrogens is 2. The lowest BCUT2D eigenvalue weighted by molar-refractivity contribution is 0.594. The Balaban J connectivity index is 0.00000112. The second kappa shape index (κ2) is 7.28. The lowest BCUT2D eigenvalue weighted by Crippen LogP contribution is -2.19. The molecule has 0 amide bonds. The van der Waals surface area contributed by atoms with E-state index in [1.165, 1.54) is 5.56 Å². The lowest BCUT2D eigenvalue weighted by atomic mass is 10.1. The quantitative estimate of drug-likeness (QED) is 0.920. The van der Waals surface area contributed by atoms with E-state index in [-0.39, 0.29) is 30.9 Å². The molecule has 88 valence electrons. The second-order valence-corrected chi connectivity index (χ2v) is 3.17. The zero-order valence-electron chi connectivity index (χ0n) is 8.69. The van der Waals surface area contributed by atoms with E-state index in [4.69, 9.17) is 5.73 Å². The summed E-state index contributed by atoms with van der Waals surface area (Å²) in [6.07, 6.45) is 5.50. The number of nitrogens with two attached hydrogens (primary N) is 1. The topological polar surface area (TPSA) is 43.8 Å². The molecule has 1 atom stereocenters. The maximum atomic E-state index is 5.75. The summed E-state index contributed by atoms with van der Waals surface area (Å²) in [5.74, 6) is 0. The van der Waals surface area contributed by atoms with Gasteiger partial charge in [-0.15, -0.1) is 24.8 Å². The highest BCUT2D eigenvalue weighted by atomic mass is 35.5. The van der Waals surface area contributed by atoms with Gasteiger partial charge in [0.1, 0.15) is 0 Å². The van der Waals surface area contributed by atoms with Gasteiger partial charge in [0.05, 0.1) is 12.4 Å². The van der Waals surface area contributed by atoms with Gasteiger partial charge in [-0.3, -0.25) is 0 Å². The highest BCUT2D eigenvalue weighted by Crippen LogP contribution is 2.15. The molecule has 0 saturated heterocycles. The summed E-state index contributed by atoms with van der Waals surface area (Å²) < 4.78 is 2.02. The first kappa shape index (κ1) is 15.0. The van der Waals surface area contributed by atoms with Crippen LogP contribution in [0.15, 0.2) is 49.1 Å². The number of nitrogens with zero attached hydrogens (tertiary/aromatic N) is 2. The minimum absolute atomic E-state index is 0. The van der Waals surface area contributed by atoms with Crippen LogP contribution in [-0.4, -0.2) is 16.1 Å². The summed E-state index contributed by atoms with van der Waals surface area (Å²) in [5, 5.41) is 0. The molecule has 3 nitrogen and oxygen atoms in total. The Morgan fingerprint density at radius 1 is 1.19 bits per heavy atom. The van der Waals surface area contributed by atoms with Crippen LogP contribution in [0.5, 0.6) is 0 Å². The van der Waals surface area contributed by atoms with E-state index in [9.17, 15) is 0 Å². The number of hydrogen-bond donors (Lipinski definition) is 1. The molecule has 1 unspecified atom stereocenters. The van der Waals surface area contributed by atoms with Crippen LogP contribution in [0.1, 0.15) is 11.6 Å². The molecule has 0 aliphatic carbocycles. The number of imidazole rings is 1. The summed E-state index contributed by atoms with van der Waals surface area (Å²) in [5.41, 5.74) is 6.96. The third-order valence-electron chi connectivity index (χ3n) is 2.29. The van der Waals surface area contributed by atoms with E-state index in [2.05, 4.69) is 17.1 Å². The van der Waals surface area contributed by atoms with Gasteiger partial charge in [0.2, 0.25) is 0 Å². The third kappa shape index (κ3) is 3.23. The predicted molar refractivity (Wildman–Crippen MR) is 70.4 cm³/mol. The molecule has 2 aromatic rings. The lowest BCUT2D eigenvalue weighted by Gasteiger charge is -2.16. The normalized spacial score (nSPS) is 11.1. The molecule has 0 aliphatic heterocycles. The molecule has 2 rings (SSSR count). The molecule has 0 bridgehead atoms. The van der Waals surface area contributed by atoms with Crippen molar-refractivity contribution in [3.05, 3.63) is 54.6 Å². The predicted octanol–water partition coefficient (Wildman–Crippen LogP) is 2.27. The molecular formula is C11H15Cl2N3. The largest absolute Gasteiger partial charge is 0.329 e. The van der Waals surface area contributed by atoms with E-state index >= 15 is 0 Å². The van der Waals surface area contributed by atoms with Gasteiger partial charge in [-0.1, -0.05) is 30.3 Å². The van der Waals surface area contributed by atoms with Crippen molar-refractivity contribution >= 4 is 24.8 Å². The summed E-state index contributed by atoms with van der Waals surface area (Å²) in [7, 11) is 0. The fourth-order valence-corrected chi connectivity index (χ4v) is 1.56. The van der Waals surface area contributed by atoms with Crippen molar-refractivity contribution in [1.82, 2.24) is 9.55 Å². The summed E-state index contributed by atoms with van der Waals surface area (Å²) in [4.78, 5) is 4.02.